The lowest BCUT2D eigenvalue weighted by Gasteiger charge is -2.40. The molecule has 2 aliphatic rings. The van der Waals surface area contributed by atoms with Gasteiger partial charge in [-0.2, -0.15) is 4.31 Å². The maximum atomic E-state index is 15.3. The van der Waals surface area contributed by atoms with Gasteiger partial charge in [0.2, 0.25) is 15.9 Å². The summed E-state index contributed by atoms with van der Waals surface area (Å²) in [6.07, 6.45) is 5.11. The van der Waals surface area contributed by atoms with Crippen LogP contribution < -0.4 is 16.0 Å². The fourth-order valence-electron chi connectivity index (χ4n) is 5.96. The highest BCUT2D eigenvalue weighted by molar-refractivity contribution is 7.89. The molecule has 3 atom stereocenters. The van der Waals surface area contributed by atoms with Gasteiger partial charge in [0.1, 0.15) is 5.82 Å². The number of benzene rings is 2. The molecular formula is C32H39ClFN5O4S. The Morgan fingerprint density at radius 2 is 1.84 bits per heavy atom. The second-order valence-corrected chi connectivity index (χ2v) is 13.7. The number of anilines is 1. The lowest BCUT2D eigenvalue weighted by atomic mass is 10.0. The number of aromatic nitrogens is 1. The molecule has 0 aliphatic carbocycles. The maximum absolute atomic E-state index is 15.3. The molecule has 12 heteroatoms. The van der Waals surface area contributed by atoms with Gasteiger partial charge in [-0.25, -0.2) is 12.8 Å². The van der Waals surface area contributed by atoms with Crippen molar-refractivity contribution in [2.45, 2.75) is 68.1 Å². The van der Waals surface area contributed by atoms with Gasteiger partial charge in [0.25, 0.3) is 0 Å². The molecule has 0 bridgehead atoms. The molecule has 3 heterocycles. The Morgan fingerprint density at radius 1 is 1.11 bits per heavy atom. The summed E-state index contributed by atoms with van der Waals surface area (Å²) in [6, 6.07) is 14.5. The van der Waals surface area contributed by atoms with Gasteiger partial charge in [0, 0.05) is 55.0 Å². The van der Waals surface area contributed by atoms with E-state index < -0.39 is 27.9 Å². The van der Waals surface area contributed by atoms with E-state index in [9.17, 15) is 13.2 Å². The van der Waals surface area contributed by atoms with E-state index in [0.29, 0.717) is 49.7 Å². The van der Waals surface area contributed by atoms with Crippen molar-refractivity contribution in [3.05, 3.63) is 89.0 Å². The topological polar surface area (TPSA) is 113 Å². The molecule has 1 aromatic heterocycles. The molecule has 0 spiro atoms. The van der Waals surface area contributed by atoms with E-state index in [-0.39, 0.29) is 35.0 Å². The lowest BCUT2D eigenvalue weighted by Crippen LogP contribution is -2.58. The number of rotatable bonds is 11. The predicted octanol–water partition coefficient (Wildman–Crippen LogP) is 4.18. The van der Waals surface area contributed by atoms with Gasteiger partial charge in [0.15, 0.2) is 0 Å². The highest BCUT2D eigenvalue weighted by Gasteiger charge is 2.38. The molecule has 236 valence electrons. The molecule has 2 saturated heterocycles. The van der Waals surface area contributed by atoms with Gasteiger partial charge >= 0.3 is 0 Å². The van der Waals surface area contributed by atoms with Crippen LogP contribution in [0.5, 0.6) is 0 Å². The number of nitrogens with one attached hydrogen (secondary N) is 3. The Morgan fingerprint density at radius 3 is 2.57 bits per heavy atom. The number of carbonyl (C=O) groups excluding carboxylic acids is 1. The smallest absolute Gasteiger partial charge is 0.243 e. The van der Waals surface area contributed by atoms with Crippen LogP contribution in [-0.4, -0.2) is 74.1 Å². The summed E-state index contributed by atoms with van der Waals surface area (Å²) >= 11 is 6.07. The number of pyridine rings is 1. The number of sulfonamides is 1. The third kappa shape index (κ3) is 8.01. The van der Waals surface area contributed by atoms with E-state index in [2.05, 4.69) is 20.9 Å². The summed E-state index contributed by atoms with van der Waals surface area (Å²) in [7, 11) is -3.77. The maximum Gasteiger partial charge on any atom is 0.243 e. The summed E-state index contributed by atoms with van der Waals surface area (Å²) < 4.78 is 49.6. The van der Waals surface area contributed by atoms with Crippen molar-refractivity contribution in [2.75, 3.05) is 31.6 Å². The van der Waals surface area contributed by atoms with Crippen LogP contribution in [0.4, 0.5) is 10.1 Å². The second-order valence-electron chi connectivity index (χ2n) is 11.4. The minimum absolute atomic E-state index is 0.107. The Labute approximate surface area is 263 Å². The number of carbonyl (C=O) groups is 1. The number of amides is 1. The number of ether oxygens (including phenoxy) is 1. The van der Waals surface area contributed by atoms with Crippen molar-refractivity contribution in [1.29, 1.82) is 0 Å². The predicted molar refractivity (Wildman–Crippen MR) is 169 cm³/mol. The summed E-state index contributed by atoms with van der Waals surface area (Å²) in [5, 5.41) is 10.3. The summed E-state index contributed by atoms with van der Waals surface area (Å²) in [5.74, 6) is -0.856. The van der Waals surface area contributed by atoms with Gasteiger partial charge in [-0.3, -0.25) is 9.78 Å². The molecule has 3 N–H and O–H groups in total. The molecule has 3 aromatic rings. The Kier molecular flexibility index (Phi) is 11.0. The zero-order chi connectivity index (χ0) is 31.1. The molecule has 5 rings (SSSR count). The highest BCUT2D eigenvalue weighted by atomic mass is 35.5. The zero-order valence-corrected chi connectivity index (χ0v) is 26.3. The molecule has 1 amide bonds. The molecule has 2 aliphatic heterocycles. The first kappa shape index (κ1) is 32.5. The number of hydrogen-bond donors (Lipinski definition) is 3. The van der Waals surface area contributed by atoms with Gasteiger partial charge in [-0.15, -0.1) is 0 Å². The van der Waals surface area contributed by atoms with Crippen LogP contribution in [0, 0.1) is 5.82 Å². The van der Waals surface area contributed by atoms with E-state index in [1.165, 1.54) is 10.5 Å². The van der Waals surface area contributed by atoms with E-state index >= 15 is 4.39 Å². The number of piperazine rings is 1. The molecule has 9 nitrogen and oxygen atoms in total. The van der Waals surface area contributed by atoms with Crippen LogP contribution in [0.3, 0.4) is 0 Å². The van der Waals surface area contributed by atoms with Crippen LogP contribution in [0.2, 0.25) is 5.02 Å². The molecule has 2 fully saturated rings. The van der Waals surface area contributed by atoms with Gasteiger partial charge in [-0.1, -0.05) is 41.9 Å². The van der Waals surface area contributed by atoms with Crippen molar-refractivity contribution >= 4 is 33.2 Å². The summed E-state index contributed by atoms with van der Waals surface area (Å²) in [6.45, 7) is 4.06. The third-order valence-electron chi connectivity index (χ3n) is 8.25. The number of hydrogen-bond acceptors (Lipinski definition) is 7. The molecule has 0 radical (unpaired) electrons. The van der Waals surface area contributed by atoms with E-state index in [4.69, 9.17) is 16.3 Å². The Bertz CT molecular complexity index is 1510. The van der Waals surface area contributed by atoms with Crippen LogP contribution in [0.25, 0.3) is 0 Å². The van der Waals surface area contributed by atoms with Crippen molar-refractivity contribution in [3.63, 3.8) is 0 Å². The van der Waals surface area contributed by atoms with Crippen molar-refractivity contribution in [1.82, 2.24) is 19.9 Å². The van der Waals surface area contributed by atoms with Crippen LogP contribution in [0.1, 0.15) is 37.3 Å². The fourth-order valence-corrected chi connectivity index (χ4v) is 7.95. The number of halogens is 2. The second kappa shape index (κ2) is 14.9. The minimum atomic E-state index is -3.77. The summed E-state index contributed by atoms with van der Waals surface area (Å²) in [5.41, 5.74) is 1.50. The Balaban J connectivity index is 1.34. The van der Waals surface area contributed by atoms with E-state index in [0.717, 1.165) is 24.6 Å². The average Bonchev–Trinajstić information content (AvgIpc) is 3.02. The molecule has 44 heavy (non-hydrogen) atoms. The standard InChI is InChI=1S/C32H39ClFN5O4S/c1-22-18-35-19-26(39(22)44(41,42)27-5-3-2-4-6-27)11-12-28-29(34)20-36-21-31(28)38-32(40)30(37-25-13-15-43-16-14-25)17-23-7-9-24(33)10-8-23/h2-10,20-22,25-26,30,35,37H,11-19H2,1H3,(H,38,40)/t22-,26-,30-/m0/s1. The van der Waals surface area contributed by atoms with Crippen LogP contribution in [-0.2, 0) is 32.4 Å². The monoisotopic (exact) mass is 643 g/mol. The lowest BCUT2D eigenvalue weighted by molar-refractivity contribution is -0.118. The van der Waals surface area contributed by atoms with Crippen LogP contribution >= 0.6 is 11.6 Å². The van der Waals surface area contributed by atoms with Gasteiger partial charge in [-0.05, 0) is 68.9 Å². The molecule has 0 saturated carbocycles. The molecule has 0 unspecified atom stereocenters. The SMILES string of the molecule is C[C@H]1CNC[C@H](CCc2c(F)cncc2NC(=O)[C@H](Cc2ccc(Cl)cc2)NC2CCOCC2)N1S(=O)(=O)c1ccccc1. The van der Waals surface area contributed by atoms with Gasteiger partial charge in [0.05, 0.1) is 29.0 Å². The minimum Gasteiger partial charge on any atom is -0.381 e. The first-order valence-corrected chi connectivity index (χ1v) is 16.8. The average molecular weight is 644 g/mol. The first-order chi connectivity index (χ1) is 21.2. The molecule has 2 aromatic carbocycles. The normalized spacial score (nSPS) is 20.7. The van der Waals surface area contributed by atoms with Crippen molar-refractivity contribution in [3.8, 4) is 0 Å². The van der Waals surface area contributed by atoms with Gasteiger partial charge < -0.3 is 20.7 Å². The van der Waals surface area contributed by atoms with Crippen molar-refractivity contribution < 1.29 is 22.3 Å². The van der Waals surface area contributed by atoms with Crippen LogP contribution in [0.15, 0.2) is 71.9 Å². The first-order valence-electron chi connectivity index (χ1n) is 15.0. The summed E-state index contributed by atoms with van der Waals surface area (Å²) in [4.78, 5) is 18.0. The number of nitrogens with zero attached hydrogens (tertiary/aromatic N) is 2. The third-order valence-corrected chi connectivity index (χ3v) is 10.6. The van der Waals surface area contributed by atoms with E-state index in [1.807, 2.05) is 19.1 Å². The zero-order valence-electron chi connectivity index (χ0n) is 24.7. The fraction of sp³-hybridized carbons (Fsp3) is 0.438. The van der Waals surface area contributed by atoms with E-state index in [1.54, 1.807) is 42.5 Å². The highest BCUT2D eigenvalue weighted by Crippen LogP contribution is 2.27. The largest absolute Gasteiger partial charge is 0.381 e. The molecular weight excluding hydrogens is 605 g/mol. The van der Waals surface area contributed by atoms with Crippen molar-refractivity contribution in [2.24, 2.45) is 0 Å². The Hall–Kier alpha value is -2.93. The quantitative estimate of drug-likeness (QED) is 0.287.